The van der Waals surface area contributed by atoms with Gasteiger partial charge in [-0.05, 0) is 24.1 Å². The monoisotopic (exact) mass is 333 g/mol. The molecule has 2 rings (SSSR count). The molecular formula is C17H23N3O2S. The van der Waals surface area contributed by atoms with Crippen molar-refractivity contribution in [1.82, 2.24) is 9.44 Å². The summed E-state index contributed by atoms with van der Waals surface area (Å²) in [6, 6.07) is 19.5. The highest BCUT2D eigenvalue weighted by Crippen LogP contribution is 2.10. The molecule has 0 heterocycles. The molecule has 0 atom stereocenters. The fourth-order valence-electron chi connectivity index (χ4n) is 2.16. The van der Waals surface area contributed by atoms with Crippen LogP contribution in [0.1, 0.15) is 12.0 Å². The minimum absolute atomic E-state index is 0.292. The Morgan fingerprint density at radius 2 is 1.52 bits per heavy atom. The summed E-state index contributed by atoms with van der Waals surface area (Å²) in [7, 11) is -1.46. The maximum atomic E-state index is 11.9. The highest BCUT2D eigenvalue weighted by molar-refractivity contribution is 7.87. The second-order valence-corrected chi connectivity index (χ2v) is 6.90. The van der Waals surface area contributed by atoms with Crippen LogP contribution in [0, 0.1) is 0 Å². The average Bonchev–Trinajstić information content (AvgIpc) is 2.58. The van der Waals surface area contributed by atoms with Crippen LogP contribution in [-0.4, -0.2) is 28.6 Å². The number of benzene rings is 2. The van der Waals surface area contributed by atoms with E-state index in [0.29, 0.717) is 13.1 Å². The Labute approximate surface area is 138 Å². The second kappa shape index (κ2) is 8.67. The molecule has 2 aromatic rings. The van der Waals surface area contributed by atoms with Crippen molar-refractivity contribution in [1.29, 1.82) is 0 Å². The first kappa shape index (κ1) is 17.5. The molecule has 124 valence electrons. The van der Waals surface area contributed by atoms with Gasteiger partial charge in [0.05, 0.1) is 0 Å². The Morgan fingerprint density at radius 3 is 2.17 bits per heavy atom. The van der Waals surface area contributed by atoms with Crippen LogP contribution in [0.2, 0.25) is 0 Å². The highest BCUT2D eigenvalue weighted by Gasteiger charge is 2.08. The molecule has 0 aliphatic carbocycles. The summed E-state index contributed by atoms with van der Waals surface area (Å²) in [4.78, 5) is 2.10. The minimum atomic E-state index is -3.46. The van der Waals surface area contributed by atoms with Crippen molar-refractivity contribution < 1.29 is 8.42 Å². The third-order valence-electron chi connectivity index (χ3n) is 3.47. The minimum Gasteiger partial charge on any atom is -0.375 e. The van der Waals surface area contributed by atoms with Gasteiger partial charge in [0.2, 0.25) is 0 Å². The quantitative estimate of drug-likeness (QED) is 0.691. The van der Waals surface area contributed by atoms with Crippen molar-refractivity contribution in [3.05, 3.63) is 66.2 Å². The van der Waals surface area contributed by atoms with E-state index in [-0.39, 0.29) is 0 Å². The lowest BCUT2D eigenvalue weighted by atomic mass is 10.2. The number of rotatable bonds is 9. The summed E-state index contributed by atoms with van der Waals surface area (Å²) in [5, 5.41) is 0. The summed E-state index contributed by atoms with van der Waals surface area (Å²) in [6.45, 7) is 1.48. The van der Waals surface area contributed by atoms with Gasteiger partial charge in [-0.25, -0.2) is 4.72 Å². The van der Waals surface area contributed by atoms with Gasteiger partial charge in [0.1, 0.15) is 0 Å². The fourth-order valence-corrected chi connectivity index (χ4v) is 3.03. The van der Waals surface area contributed by atoms with E-state index >= 15 is 0 Å². The van der Waals surface area contributed by atoms with Gasteiger partial charge < -0.3 is 4.90 Å². The smallest absolute Gasteiger partial charge is 0.277 e. The summed E-state index contributed by atoms with van der Waals surface area (Å²) in [5.74, 6) is 0. The number of nitrogens with one attached hydrogen (secondary N) is 2. The average molecular weight is 333 g/mol. The molecule has 0 spiro atoms. The lowest BCUT2D eigenvalue weighted by Crippen LogP contribution is -2.37. The van der Waals surface area contributed by atoms with Crippen molar-refractivity contribution in [2.75, 3.05) is 25.0 Å². The van der Waals surface area contributed by atoms with E-state index in [0.717, 1.165) is 24.2 Å². The van der Waals surface area contributed by atoms with E-state index in [1.165, 1.54) is 0 Å². The van der Waals surface area contributed by atoms with Gasteiger partial charge in [-0.2, -0.15) is 13.1 Å². The molecule has 0 amide bonds. The van der Waals surface area contributed by atoms with Crippen molar-refractivity contribution in [2.24, 2.45) is 0 Å². The number of nitrogens with zero attached hydrogens (tertiary/aromatic N) is 1. The van der Waals surface area contributed by atoms with Crippen LogP contribution in [0.3, 0.4) is 0 Å². The first-order valence-corrected chi connectivity index (χ1v) is 9.09. The first-order valence-electron chi connectivity index (χ1n) is 7.61. The Balaban J connectivity index is 1.68. The van der Waals surface area contributed by atoms with Gasteiger partial charge in [-0.1, -0.05) is 48.5 Å². The lowest BCUT2D eigenvalue weighted by molar-refractivity contribution is 0.563. The Kier molecular flexibility index (Phi) is 6.58. The van der Waals surface area contributed by atoms with Crippen LogP contribution in [0.4, 0.5) is 5.69 Å². The summed E-state index contributed by atoms with van der Waals surface area (Å²) < 4.78 is 28.9. The molecular weight excluding hydrogens is 310 g/mol. The molecule has 6 heteroatoms. The fraction of sp³-hybridized carbons (Fsp3) is 0.294. The molecule has 0 saturated carbocycles. The van der Waals surface area contributed by atoms with Gasteiger partial charge in [-0.3, -0.25) is 0 Å². The van der Waals surface area contributed by atoms with E-state index in [9.17, 15) is 8.42 Å². The summed E-state index contributed by atoms with van der Waals surface area (Å²) >= 11 is 0. The van der Waals surface area contributed by atoms with E-state index in [4.69, 9.17) is 0 Å². The van der Waals surface area contributed by atoms with Gasteiger partial charge in [0, 0.05) is 32.4 Å². The largest absolute Gasteiger partial charge is 0.375 e. The molecule has 0 aromatic heterocycles. The van der Waals surface area contributed by atoms with Gasteiger partial charge in [0.15, 0.2) is 0 Å². The SMILES string of the molecule is CN(CCCNS(=O)(=O)NCc1ccccc1)c1ccccc1. The topological polar surface area (TPSA) is 61.4 Å². The normalized spacial score (nSPS) is 11.3. The summed E-state index contributed by atoms with van der Waals surface area (Å²) in [6.07, 6.45) is 0.734. The van der Waals surface area contributed by atoms with Gasteiger partial charge >= 0.3 is 0 Å². The third kappa shape index (κ3) is 6.40. The Morgan fingerprint density at radius 1 is 0.913 bits per heavy atom. The van der Waals surface area contributed by atoms with Crippen LogP contribution in [0.15, 0.2) is 60.7 Å². The lowest BCUT2D eigenvalue weighted by Gasteiger charge is -2.19. The Hall–Kier alpha value is -1.89. The Bertz CT molecular complexity index is 675. The van der Waals surface area contributed by atoms with E-state index in [2.05, 4.69) is 14.3 Å². The van der Waals surface area contributed by atoms with E-state index in [1.54, 1.807) is 0 Å². The van der Waals surface area contributed by atoms with Crippen LogP contribution < -0.4 is 14.3 Å². The predicted octanol–water partition coefficient (Wildman–Crippen LogP) is 2.14. The van der Waals surface area contributed by atoms with E-state index in [1.807, 2.05) is 67.7 Å². The maximum absolute atomic E-state index is 11.9. The molecule has 0 unspecified atom stereocenters. The zero-order valence-electron chi connectivity index (χ0n) is 13.3. The first-order chi connectivity index (χ1) is 11.1. The molecule has 5 nitrogen and oxygen atoms in total. The molecule has 0 aliphatic heterocycles. The maximum Gasteiger partial charge on any atom is 0.277 e. The van der Waals surface area contributed by atoms with Gasteiger partial charge in [-0.15, -0.1) is 0 Å². The third-order valence-corrected chi connectivity index (χ3v) is 4.58. The van der Waals surface area contributed by atoms with Crippen molar-refractivity contribution >= 4 is 15.9 Å². The molecule has 0 fully saturated rings. The standard InChI is InChI=1S/C17H23N3O2S/c1-20(17-11-6-3-7-12-17)14-8-13-18-23(21,22)19-15-16-9-4-2-5-10-16/h2-7,9-12,18-19H,8,13-15H2,1H3. The van der Waals surface area contributed by atoms with Crippen molar-refractivity contribution in [3.63, 3.8) is 0 Å². The second-order valence-electron chi connectivity index (χ2n) is 5.32. The zero-order chi connectivity index (χ0) is 16.5. The number of hydrogen-bond acceptors (Lipinski definition) is 3. The van der Waals surface area contributed by atoms with Crippen LogP contribution in [-0.2, 0) is 16.8 Å². The van der Waals surface area contributed by atoms with Crippen LogP contribution in [0.5, 0.6) is 0 Å². The van der Waals surface area contributed by atoms with Crippen LogP contribution >= 0.6 is 0 Å². The molecule has 2 aromatic carbocycles. The molecule has 0 aliphatic rings. The molecule has 2 N–H and O–H groups in total. The summed E-state index contributed by atoms with van der Waals surface area (Å²) in [5.41, 5.74) is 2.05. The van der Waals surface area contributed by atoms with Gasteiger partial charge in [0.25, 0.3) is 10.2 Å². The molecule has 0 bridgehead atoms. The molecule has 0 saturated heterocycles. The highest BCUT2D eigenvalue weighted by atomic mass is 32.2. The number of para-hydroxylation sites is 1. The molecule has 0 radical (unpaired) electrons. The molecule has 23 heavy (non-hydrogen) atoms. The predicted molar refractivity (Wildman–Crippen MR) is 94.5 cm³/mol. The zero-order valence-corrected chi connectivity index (χ0v) is 14.1. The number of hydrogen-bond donors (Lipinski definition) is 2. The van der Waals surface area contributed by atoms with Crippen molar-refractivity contribution in [2.45, 2.75) is 13.0 Å². The van der Waals surface area contributed by atoms with E-state index < -0.39 is 10.2 Å². The van der Waals surface area contributed by atoms with Crippen molar-refractivity contribution in [3.8, 4) is 0 Å². The number of anilines is 1. The van der Waals surface area contributed by atoms with Crippen LogP contribution in [0.25, 0.3) is 0 Å².